The van der Waals surface area contributed by atoms with E-state index in [9.17, 15) is 5.21 Å². The lowest BCUT2D eigenvalue weighted by Crippen LogP contribution is -2.24. The highest BCUT2D eigenvalue weighted by atomic mass is 16.5. The van der Waals surface area contributed by atoms with Gasteiger partial charge < -0.3 is 14.7 Å². The molecule has 0 bridgehead atoms. The van der Waals surface area contributed by atoms with Gasteiger partial charge in [0.2, 0.25) is 0 Å². The van der Waals surface area contributed by atoms with Crippen LogP contribution in [0, 0.1) is 0 Å². The first-order valence-corrected chi connectivity index (χ1v) is 8.05. The molecule has 24 heavy (non-hydrogen) atoms. The predicted molar refractivity (Wildman–Crippen MR) is 89.0 cm³/mol. The van der Waals surface area contributed by atoms with Crippen molar-refractivity contribution in [1.82, 2.24) is 14.8 Å². The molecular formula is C17H22N4O3. The van der Waals surface area contributed by atoms with Crippen LogP contribution in [0.25, 0.3) is 0 Å². The highest BCUT2D eigenvalue weighted by molar-refractivity contribution is 6.00. The summed E-state index contributed by atoms with van der Waals surface area (Å²) in [6, 6.07) is 3.86. The van der Waals surface area contributed by atoms with Gasteiger partial charge in [0.1, 0.15) is 24.0 Å². The Morgan fingerprint density at radius 2 is 2.29 bits per heavy atom. The van der Waals surface area contributed by atoms with Crippen molar-refractivity contribution in [1.29, 1.82) is 0 Å². The minimum atomic E-state index is -0.270. The van der Waals surface area contributed by atoms with E-state index in [0.29, 0.717) is 24.6 Å². The molecule has 0 aliphatic carbocycles. The van der Waals surface area contributed by atoms with E-state index in [1.165, 1.54) is 6.33 Å². The number of aromatic nitrogens is 3. The van der Waals surface area contributed by atoms with E-state index in [-0.39, 0.29) is 5.60 Å². The van der Waals surface area contributed by atoms with Crippen LogP contribution in [0.3, 0.4) is 0 Å². The van der Waals surface area contributed by atoms with Crippen LogP contribution >= 0.6 is 0 Å². The zero-order valence-electron chi connectivity index (χ0n) is 14.2. The molecular weight excluding hydrogens is 308 g/mol. The Kier molecular flexibility index (Phi) is 4.42. The van der Waals surface area contributed by atoms with Crippen LogP contribution in [0.1, 0.15) is 38.3 Å². The maximum atomic E-state index is 9.45. The van der Waals surface area contributed by atoms with Gasteiger partial charge in [-0.1, -0.05) is 12.1 Å². The number of rotatable bonds is 6. The summed E-state index contributed by atoms with van der Waals surface area (Å²) in [6.45, 7) is 7.08. The second kappa shape index (κ2) is 6.51. The molecule has 0 amide bonds. The Morgan fingerprint density at radius 3 is 2.96 bits per heavy atom. The summed E-state index contributed by atoms with van der Waals surface area (Å²) >= 11 is 0. The number of fused-ring (bicyclic) bond motifs is 1. The molecule has 0 fully saturated rings. The second-order valence-corrected chi connectivity index (χ2v) is 6.49. The van der Waals surface area contributed by atoms with Crippen LogP contribution in [-0.4, -0.2) is 37.9 Å². The Hall–Kier alpha value is -2.57. The molecule has 0 unspecified atom stereocenters. The Morgan fingerprint density at radius 1 is 1.46 bits per heavy atom. The Labute approximate surface area is 140 Å². The van der Waals surface area contributed by atoms with Gasteiger partial charge in [-0.15, -0.1) is 0 Å². The van der Waals surface area contributed by atoms with E-state index in [4.69, 9.17) is 9.47 Å². The molecule has 0 atom stereocenters. The topological polar surface area (TPSA) is 81.8 Å². The van der Waals surface area contributed by atoms with Crippen molar-refractivity contribution in [2.75, 3.05) is 6.61 Å². The van der Waals surface area contributed by atoms with Crippen molar-refractivity contribution < 1.29 is 14.7 Å². The Bertz CT molecular complexity index is 739. The molecule has 0 saturated carbocycles. The minimum Gasteiger partial charge on any atom is -0.490 e. The number of hydrogen-bond acceptors (Lipinski definition) is 6. The van der Waals surface area contributed by atoms with Gasteiger partial charge in [0, 0.05) is 17.5 Å². The average molecular weight is 330 g/mol. The standard InChI is InChI=1S/C17H22N4O3/c1-4-5-23-15-7-12(6-13-8-17(2,3)24-16(13)15)14(20-22)9-21-11-18-10-19-21/h6-7,10-11,22H,4-5,8-9H2,1-3H3. The van der Waals surface area contributed by atoms with E-state index in [1.807, 2.05) is 26.0 Å². The molecule has 128 valence electrons. The molecule has 1 aliphatic heterocycles. The molecule has 1 N–H and O–H groups in total. The highest BCUT2D eigenvalue weighted by Crippen LogP contribution is 2.43. The van der Waals surface area contributed by atoms with Crippen molar-refractivity contribution in [2.24, 2.45) is 5.16 Å². The highest BCUT2D eigenvalue weighted by Gasteiger charge is 2.33. The first-order valence-electron chi connectivity index (χ1n) is 8.05. The molecule has 7 heteroatoms. The SMILES string of the molecule is CCCOc1cc(C(Cn2cncn2)=NO)cc2c1OC(C)(C)C2. The molecule has 1 aromatic carbocycles. The average Bonchev–Trinajstić information content (AvgIpc) is 3.15. The van der Waals surface area contributed by atoms with Crippen LogP contribution in [0.2, 0.25) is 0 Å². The second-order valence-electron chi connectivity index (χ2n) is 6.49. The Balaban J connectivity index is 1.96. The van der Waals surface area contributed by atoms with Gasteiger partial charge in [0.15, 0.2) is 11.5 Å². The van der Waals surface area contributed by atoms with E-state index in [1.54, 1.807) is 11.0 Å². The van der Waals surface area contributed by atoms with Crippen molar-refractivity contribution in [2.45, 2.75) is 45.8 Å². The molecule has 0 radical (unpaired) electrons. The third kappa shape index (κ3) is 3.34. The molecule has 3 rings (SSSR count). The third-order valence-electron chi connectivity index (χ3n) is 3.82. The third-order valence-corrected chi connectivity index (χ3v) is 3.82. The van der Waals surface area contributed by atoms with Gasteiger partial charge in [0.05, 0.1) is 13.2 Å². The van der Waals surface area contributed by atoms with E-state index >= 15 is 0 Å². The van der Waals surface area contributed by atoms with Crippen molar-refractivity contribution >= 4 is 5.71 Å². The monoisotopic (exact) mass is 330 g/mol. The molecule has 1 aromatic heterocycles. The molecule has 7 nitrogen and oxygen atoms in total. The van der Waals surface area contributed by atoms with Crippen LogP contribution in [0.5, 0.6) is 11.5 Å². The maximum absolute atomic E-state index is 9.45. The quantitative estimate of drug-likeness (QED) is 0.500. The smallest absolute Gasteiger partial charge is 0.165 e. The number of oxime groups is 1. The van der Waals surface area contributed by atoms with Crippen molar-refractivity contribution in [3.05, 3.63) is 35.9 Å². The van der Waals surface area contributed by atoms with Gasteiger partial charge in [-0.25, -0.2) is 9.67 Å². The summed E-state index contributed by atoms with van der Waals surface area (Å²) in [5.74, 6) is 1.48. The largest absolute Gasteiger partial charge is 0.490 e. The zero-order valence-corrected chi connectivity index (χ0v) is 14.2. The van der Waals surface area contributed by atoms with Crippen LogP contribution in [0.4, 0.5) is 0 Å². The van der Waals surface area contributed by atoms with Gasteiger partial charge in [-0.2, -0.15) is 5.10 Å². The molecule has 2 heterocycles. The molecule has 1 aliphatic rings. The summed E-state index contributed by atoms with van der Waals surface area (Å²) in [6.07, 6.45) is 4.71. The summed E-state index contributed by atoms with van der Waals surface area (Å²) < 4.78 is 13.5. The van der Waals surface area contributed by atoms with Gasteiger partial charge in [-0.3, -0.25) is 0 Å². The molecule has 0 spiro atoms. The minimum absolute atomic E-state index is 0.270. The summed E-state index contributed by atoms with van der Waals surface area (Å²) in [7, 11) is 0. The summed E-state index contributed by atoms with van der Waals surface area (Å²) in [4.78, 5) is 3.91. The first-order chi connectivity index (χ1) is 11.5. The number of ether oxygens (including phenoxy) is 2. The van der Waals surface area contributed by atoms with Gasteiger partial charge in [0.25, 0.3) is 0 Å². The number of benzene rings is 1. The van der Waals surface area contributed by atoms with Gasteiger partial charge in [-0.05, 0) is 32.4 Å². The van der Waals surface area contributed by atoms with E-state index in [2.05, 4.69) is 22.2 Å². The fourth-order valence-electron chi connectivity index (χ4n) is 2.81. The molecule has 0 saturated heterocycles. The van der Waals surface area contributed by atoms with Gasteiger partial charge >= 0.3 is 0 Å². The van der Waals surface area contributed by atoms with E-state index in [0.717, 1.165) is 29.7 Å². The molecule has 2 aromatic rings. The summed E-state index contributed by atoms with van der Waals surface area (Å²) in [5.41, 5.74) is 2.07. The fraction of sp³-hybridized carbons (Fsp3) is 0.471. The van der Waals surface area contributed by atoms with Crippen LogP contribution in [0.15, 0.2) is 29.9 Å². The predicted octanol–water partition coefficient (Wildman–Crippen LogP) is 2.66. The lowest BCUT2D eigenvalue weighted by atomic mass is 9.98. The number of nitrogens with zero attached hydrogens (tertiary/aromatic N) is 4. The fourth-order valence-corrected chi connectivity index (χ4v) is 2.81. The van der Waals surface area contributed by atoms with E-state index < -0.39 is 0 Å². The van der Waals surface area contributed by atoms with Crippen LogP contribution in [-0.2, 0) is 13.0 Å². The first kappa shape index (κ1) is 16.3. The normalized spacial score (nSPS) is 15.9. The summed E-state index contributed by atoms with van der Waals surface area (Å²) in [5, 5.41) is 17.0. The lowest BCUT2D eigenvalue weighted by molar-refractivity contribution is 0.132. The number of hydrogen-bond donors (Lipinski definition) is 1. The zero-order chi connectivity index (χ0) is 17.2. The van der Waals surface area contributed by atoms with Crippen molar-refractivity contribution in [3.63, 3.8) is 0 Å². The van der Waals surface area contributed by atoms with Crippen LogP contribution < -0.4 is 9.47 Å². The maximum Gasteiger partial charge on any atom is 0.165 e. The van der Waals surface area contributed by atoms with Crippen molar-refractivity contribution in [3.8, 4) is 11.5 Å². The lowest BCUT2D eigenvalue weighted by Gasteiger charge is -2.18.